The minimum Gasteiger partial charge on any atom is -0.361 e. The first-order valence-corrected chi connectivity index (χ1v) is 12.3. The minimum atomic E-state index is -0.591. The molecule has 1 atom stereocenters. The van der Waals surface area contributed by atoms with E-state index in [2.05, 4.69) is 46.4 Å². The Morgan fingerprint density at radius 2 is 1.74 bits per heavy atom. The monoisotopic (exact) mass is 514 g/mol. The minimum absolute atomic E-state index is 0.0907. The molecule has 3 heterocycles. The van der Waals surface area contributed by atoms with Crippen molar-refractivity contribution in [2.45, 2.75) is 46.9 Å². The standard InChI is InChI=1S/C27H30N8O3/c1-16(38-5)35-24-22(25(36)29-26(35)37)34(21(28-24)14-27(2,3)4)15-17-10-12-18(13-11-17)19-8-6-7-9-20(19)23-30-32-33-31-23/h6-13,16H,14-15H2,1-5H3,(H,29,36,37)(H,30,31,32,33). The second kappa shape index (κ2) is 9.82. The summed E-state index contributed by atoms with van der Waals surface area (Å²) in [5.74, 6) is 1.25. The van der Waals surface area contributed by atoms with Gasteiger partial charge in [-0.2, -0.15) is 5.21 Å². The number of imidazole rings is 1. The lowest BCUT2D eigenvalue weighted by Gasteiger charge is -2.18. The molecule has 11 heteroatoms. The van der Waals surface area contributed by atoms with Gasteiger partial charge in [0.1, 0.15) is 12.1 Å². The van der Waals surface area contributed by atoms with Crippen LogP contribution in [-0.4, -0.2) is 46.8 Å². The van der Waals surface area contributed by atoms with Crippen molar-refractivity contribution in [1.82, 2.24) is 39.7 Å². The highest BCUT2D eigenvalue weighted by Crippen LogP contribution is 2.30. The fraction of sp³-hybridized carbons (Fsp3) is 0.333. The van der Waals surface area contributed by atoms with Gasteiger partial charge in [0.2, 0.25) is 5.82 Å². The molecule has 2 N–H and O–H groups in total. The third-order valence-corrected chi connectivity index (χ3v) is 6.42. The number of ether oxygens (including phenoxy) is 1. The lowest BCUT2D eigenvalue weighted by molar-refractivity contribution is 0.0597. The molecule has 3 aromatic heterocycles. The van der Waals surface area contributed by atoms with E-state index in [4.69, 9.17) is 9.72 Å². The van der Waals surface area contributed by atoms with Gasteiger partial charge in [0.05, 0.1) is 0 Å². The summed E-state index contributed by atoms with van der Waals surface area (Å²) in [6.45, 7) is 8.50. The molecule has 196 valence electrons. The van der Waals surface area contributed by atoms with E-state index in [1.165, 1.54) is 11.7 Å². The zero-order chi connectivity index (χ0) is 27.0. The molecule has 0 saturated heterocycles. The first-order valence-electron chi connectivity index (χ1n) is 12.3. The van der Waals surface area contributed by atoms with E-state index in [1.54, 1.807) is 6.92 Å². The van der Waals surface area contributed by atoms with Gasteiger partial charge in [0.15, 0.2) is 11.2 Å². The maximum absolute atomic E-state index is 13.1. The number of hydrogen-bond donors (Lipinski definition) is 2. The van der Waals surface area contributed by atoms with Crippen LogP contribution in [0.15, 0.2) is 58.1 Å². The first kappa shape index (κ1) is 25.3. The van der Waals surface area contributed by atoms with Crippen molar-refractivity contribution in [3.8, 4) is 22.5 Å². The van der Waals surface area contributed by atoms with Crippen LogP contribution in [0, 0.1) is 5.41 Å². The number of nitrogens with one attached hydrogen (secondary N) is 2. The number of fused-ring (bicyclic) bond motifs is 1. The number of rotatable bonds is 7. The summed E-state index contributed by atoms with van der Waals surface area (Å²) in [6.07, 6.45) is 0.0264. The van der Waals surface area contributed by atoms with Gasteiger partial charge in [-0.15, -0.1) is 10.2 Å². The van der Waals surface area contributed by atoms with Crippen LogP contribution >= 0.6 is 0 Å². The van der Waals surface area contributed by atoms with E-state index in [0.717, 1.165) is 28.1 Å². The molecule has 0 aliphatic rings. The molecule has 38 heavy (non-hydrogen) atoms. The Labute approximate surface area is 218 Å². The lowest BCUT2D eigenvalue weighted by atomic mass is 9.92. The molecular weight excluding hydrogens is 484 g/mol. The van der Waals surface area contributed by atoms with Crippen molar-refractivity contribution in [2.24, 2.45) is 5.41 Å². The van der Waals surface area contributed by atoms with Crippen LogP contribution in [0.1, 0.15) is 45.3 Å². The normalized spacial score (nSPS) is 12.8. The predicted octanol–water partition coefficient (Wildman–Crippen LogP) is 3.54. The van der Waals surface area contributed by atoms with Gasteiger partial charge in [-0.1, -0.05) is 69.3 Å². The van der Waals surface area contributed by atoms with Gasteiger partial charge >= 0.3 is 5.69 Å². The number of hydrogen-bond acceptors (Lipinski definition) is 7. The number of benzene rings is 2. The maximum atomic E-state index is 13.1. The van der Waals surface area contributed by atoms with Crippen LogP contribution in [0.25, 0.3) is 33.7 Å². The highest BCUT2D eigenvalue weighted by molar-refractivity contribution is 5.80. The van der Waals surface area contributed by atoms with Crippen molar-refractivity contribution in [3.63, 3.8) is 0 Å². The number of nitrogens with zero attached hydrogens (tertiary/aromatic N) is 6. The van der Waals surface area contributed by atoms with E-state index in [-0.39, 0.29) is 5.41 Å². The molecule has 0 bridgehead atoms. The fourth-order valence-corrected chi connectivity index (χ4v) is 4.59. The van der Waals surface area contributed by atoms with Crippen molar-refractivity contribution in [3.05, 3.63) is 80.8 Å². The highest BCUT2D eigenvalue weighted by Gasteiger charge is 2.24. The summed E-state index contributed by atoms with van der Waals surface area (Å²) < 4.78 is 8.69. The summed E-state index contributed by atoms with van der Waals surface area (Å²) in [5, 5.41) is 14.4. The average molecular weight is 515 g/mol. The largest absolute Gasteiger partial charge is 0.361 e. The van der Waals surface area contributed by atoms with E-state index < -0.39 is 17.5 Å². The lowest BCUT2D eigenvalue weighted by Crippen LogP contribution is -2.33. The summed E-state index contributed by atoms with van der Waals surface area (Å²) in [6, 6.07) is 16.0. The predicted molar refractivity (Wildman–Crippen MR) is 144 cm³/mol. The molecule has 0 saturated carbocycles. The summed E-state index contributed by atoms with van der Waals surface area (Å²) >= 11 is 0. The Morgan fingerprint density at radius 1 is 1.03 bits per heavy atom. The Morgan fingerprint density at radius 3 is 2.37 bits per heavy atom. The third kappa shape index (κ3) is 4.80. The smallest absolute Gasteiger partial charge is 0.332 e. The van der Waals surface area contributed by atoms with E-state index in [9.17, 15) is 9.59 Å². The first-order chi connectivity index (χ1) is 18.2. The molecule has 0 amide bonds. The van der Waals surface area contributed by atoms with Crippen LogP contribution in [0.5, 0.6) is 0 Å². The molecular formula is C27H30N8O3. The molecule has 0 spiro atoms. The highest BCUT2D eigenvalue weighted by atomic mass is 16.5. The zero-order valence-corrected chi connectivity index (χ0v) is 22.0. The van der Waals surface area contributed by atoms with Crippen LogP contribution in [-0.2, 0) is 17.7 Å². The SMILES string of the molecule is COC(C)n1c(=O)[nH]c(=O)c2c1nc(CC(C)(C)C)n2Cc1ccc(-c2ccccc2-c2nn[nH]n2)cc1. The molecule has 5 rings (SSSR count). The number of H-pyrrole nitrogens is 2. The number of tetrazole rings is 1. The Hall–Kier alpha value is -4.38. The van der Waals surface area contributed by atoms with Crippen LogP contribution in [0.2, 0.25) is 0 Å². The Balaban J connectivity index is 1.59. The van der Waals surface area contributed by atoms with Gasteiger partial charge in [-0.25, -0.2) is 14.3 Å². The summed E-state index contributed by atoms with van der Waals surface area (Å²) in [5.41, 5.74) is 3.40. The quantitative estimate of drug-likeness (QED) is 0.339. The van der Waals surface area contributed by atoms with Gasteiger partial charge in [-0.05, 0) is 34.2 Å². The topological polar surface area (TPSA) is 136 Å². The second-order valence-corrected chi connectivity index (χ2v) is 10.5. The van der Waals surface area contributed by atoms with Crippen LogP contribution in [0.3, 0.4) is 0 Å². The number of aromatic nitrogens is 8. The Bertz CT molecular complexity index is 1690. The van der Waals surface area contributed by atoms with Crippen molar-refractivity contribution >= 4 is 11.2 Å². The number of aromatic amines is 2. The molecule has 0 aliphatic heterocycles. The Kier molecular flexibility index (Phi) is 6.53. The average Bonchev–Trinajstić information content (AvgIpc) is 3.52. The molecule has 5 aromatic rings. The van der Waals surface area contributed by atoms with E-state index in [1.807, 2.05) is 53.1 Å². The van der Waals surface area contributed by atoms with Gasteiger partial charge in [-0.3, -0.25) is 9.78 Å². The maximum Gasteiger partial charge on any atom is 0.332 e. The molecule has 0 aliphatic carbocycles. The summed E-state index contributed by atoms with van der Waals surface area (Å²) in [7, 11) is 1.51. The summed E-state index contributed by atoms with van der Waals surface area (Å²) in [4.78, 5) is 33.0. The van der Waals surface area contributed by atoms with Gasteiger partial charge in [0, 0.05) is 25.6 Å². The third-order valence-electron chi connectivity index (χ3n) is 6.42. The van der Waals surface area contributed by atoms with Gasteiger partial charge in [0.25, 0.3) is 5.56 Å². The van der Waals surface area contributed by atoms with Crippen molar-refractivity contribution in [2.75, 3.05) is 7.11 Å². The molecule has 11 nitrogen and oxygen atoms in total. The second-order valence-electron chi connectivity index (χ2n) is 10.5. The number of methoxy groups -OCH3 is 1. The van der Waals surface area contributed by atoms with E-state index >= 15 is 0 Å². The fourth-order valence-electron chi connectivity index (χ4n) is 4.59. The molecule has 0 fully saturated rings. The van der Waals surface area contributed by atoms with E-state index in [0.29, 0.717) is 30.0 Å². The molecule has 1 unspecified atom stereocenters. The van der Waals surface area contributed by atoms with Crippen molar-refractivity contribution in [1.29, 1.82) is 0 Å². The van der Waals surface area contributed by atoms with Crippen molar-refractivity contribution < 1.29 is 4.74 Å². The van der Waals surface area contributed by atoms with Crippen LogP contribution < -0.4 is 11.2 Å². The zero-order valence-electron chi connectivity index (χ0n) is 22.0. The molecule has 0 radical (unpaired) electrons. The molecule has 2 aromatic carbocycles. The van der Waals surface area contributed by atoms with Gasteiger partial charge < -0.3 is 9.30 Å². The van der Waals surface area contributed by atoms with Crippen LogP contribution in [0.4, 0.5) is 0 Å².